The van der Waals surface area contributed by atoms with Crippen LogP contribution in [0.15, 0.2) is 84.9 Å². The average molecular weight is 445 g/mol. The van der Waals surface area contributed by atoms with Crippen LogP contribution in [0, 0.1) is 27.7 Å². The van der Waals surface area contributed by atoms with Gasteiger partial charge in [0.15, 0.2) is 0 Å². The van der Waals surface area contributed by atoms with Crippen LogP contribution < -0.4 is 0 Å². The smallest absolute Gasteiger partial charge is 0.121 e. The first-order valence-corrected chi connectivity index (χ1v) is 10.7. The van der Waals surface area contributed by atoms with Crippen molar-refractivity contribution in [1.82, 2.24) is 0 Å². The standard InChI is InChI=1S/C17H20O2.2C6H6O/c1-10-5-14(6-11(2)16(10)18)9-15-7-12(3)17(19)13(4)8-15;2*7-6-4-2-1-3-5-6/h5-8,18-19H,9H2,1-4H3;2*1-5,7H. The quantitative estimate of drug-likeness (QED) is 0.277. The number of phenols is 4. The second-order valence-electron chi connectivity index (χ2n) is 8.00. The van der Waals surface area contributed by atoms with Crippen LogP contribution in [-0.4, -0.2) is 20.4 Å². The van der Waals surface area contributed by atoms with E-state index in [2.05, 4.69) is 0 Å². The van der Waals surface area contributed by atoms with Crippen molar-refractivity contribution in [3.63, 3.8) is 0 Å². The number of rotatable bonds is 2. The molecule has 0 aliphatic carbocycles. The van der Waals surface area contributed by atoms with Gasteiger partial charge < -0.3 is 20.4 Å². The van der Waals surface area contributed by atoms with Gasteiger partial charge in [0.1, 0.15) is 23.0 Å². The Kier molecular flexibility index (Phi) is 9.37. The highest BCUT2D eigenvalue weighted by Gasteiger charge is 2.07. The third-order valence-corrected chi connectivity index (χ3v) is 5.02. The summed E-state index contributed by atoms with van der Waals surface area (Å²) in [6.07, 6.45) is 0.809. The first kappa shape index (κ1) is 25.3. The lowest BCUT2D eigenvalue weighted by molar-refractivity contribution is 0.466. The number of aryl methyl sites for hydroxylation is 4. The van der Waals surface area contributed by atoms with Gasteiger partial charge in [0.05, 0.1) is 0 Å². The largest absolute Gasteiger partial charge is 0.508 e. The highest BCUT2D eigenvalue weighted by atomic mass is 16.3. The molecule has 4 aromatic carbocycles. The van der Waals surface area contributed by atoms with Crippen molar-refractivity contribution in [3.05, 3.63) is 118 Å². The summed E-state index contributed by atoms with van der Waals surface area (Å²) < 4.78 is 0. The molecule has 0 unspecified atom stereocenters. The minimum Gasteiger partial charge on any atom is -0.508 e. The maximum absolute atomic E-state index is 9.79. The van der Waals surface area contributed by atoms with Gasteiger partial charge in [-0.05, 0) is 91.8 Å². The molecule has 4 N–H and O–H groups in total. The third kappa shape index (κ3) is 8.26. The van der Waals surface area contributed by atoms with Crippen molar-refractivity contribution < 1.29 is 20.4 Å². The molecule has 0 aliphatic rings. The van der Waals surface area contributed by atoms with E-state index in [0.717, 1.165) is 28.7 Å². The number of aromatic hydroxyl groups is 4. The zero-order valence-electron chi connectivity index (χ0n) is 19.6. The molecular formula is C29H32O4. The van der Waals surface area contributed by atoms with E-state index in [1.807, 2.05) is 64.1 Å². The molecule has 33 heavy (non-hydrogen) atoms. The topological polar surface area (TPSA) is 80.9 Å². The SMILES string of the molecule is Cc1cc(Cc2cc(C)c(O)c(C)c2)cc(C)c1O.Oc1ccccc1.Oc1ccccc1. The van der Waals surface area contributed by atoms with Gasteiger partial charge in [-0.1, -0.05) is 60.7 Å². The zero-order valence-corrected chi connectivity index (χ0v) is 19.6. The molecule has 0 bridgehead atoms. The summed E-state index contributed by atoms with van der Waals surface area (Å²) in [7, 11) is 0. The number of hydrogen-bond acceptors (Lipinski definition) is 4. The lowest BCUT2D eigenvalue weighted by Gasteiger charge is -2.10. The van der Waals surface area contributed by atoms with Crippen LogP contribution in [0.5, 0.6) is 23.0 Å². The second-order valence-corrected chi connectivity index (χ2v) is 8.00. The Balaban J connectivity index is 0.000000223. The van der Waals surface area contributed by atoms with E-state index in [-0.39, 0.29) is 0 Å². The van der Waals surface area contributed by atoms with Gasteiger partial charge >= 0.3 is 0 Å². The Bertz CT molecular complexity index is 1010. The minimum absolute atomic E-state index is 0.322. The highest BCUT2D eigenvalue weighted by Crippen LogP contribution is 2.27. The summed E-state index contributed by atoms with van der Waals surface area (Å²) in [4.78, 5) is 0. The molecule has 4 rings (SSSR count). The summed E-state index contributed by atoms with van der Waals surface area (Å²) >= 11 is 0. The molecule has 0 heterocycles. The molecule has 4 nitrogen and oxygen atoms in total. The fraction of sp³-hybridized carbons (Fsp3) is 0.172. The van der Waals surface area contributed by atoms with Crippen LogP contribution in [0.2, 0.25) is 0 Å². The molecular weight excluding hydrogens is 412 g/mol. The van der Waals surface area contributed by atoms with Crippen molar-refractivity contribution in [1.29, 1.82) is 0 Å². The Hall–Kier alpha value is -3.92. The summed E-state index contributed by atoms with van der Waals surface area (Å²) in [5.74, 6) is 1.40. The first-order chi connectivity index (χ1) is 15.7. The molecule has 0 fully saturated rings. The highest BCUT2D eigenvalue weighted by molar-refractivity contribution is 5.46. The van der Waals surface area contributed by atoms with E-state index in [9.17, 15) is 10.2 Å². The molecule has 0 saturated heterocycles. The second kappa shape index (κ2) is 12.2. The monoisotopic (exact) mass is 444 g/mol. The Morgan fingerprint density at radius 3 is 0.939 bits per heavy atom. The molecule has 0 amide bonds. The van der Waals surface area contributed by atoms with Gasteiger partial charge in [-0.2, -0.15) is 0 Å². The van der Waals surface area contributed by atoms with Gasteiger partial charge in [0.25, 0.3) is 0 Å². The lowest BCUT2D eigenvalue weighted by atomic mass is 9.97. The average Bonchev–Trinajstić information content (AvgIpc) is 2.78. The Labute approximate surface area is 196 Å². The van der Waals surface area contributed by atoms with E-state index in [0.29, 0.717) is 23.0 Å². The molecule has 0 saturated carbocycles. The van der Waals surface area contributed by atoms with Crippen molar-refractivity contribution >= 4 is 0 Å². The van der Waals surface area contributed by atoms with E-state index < -0.39 is 0 Å². The lowest BCUT2D eigenvalue weighted by Crippen LogP contribution is -1.93. The molecule has 172 valence electrons. The van der Waals surface area contributed by atoms with Gasteiger partial charge in [0.2, 0.25) is 0 Å². The Morgan fingerprint density at radius 2 is 0.727 bits per heavy atom. The molecule has 0 spiro atoms. The molecule has 0 aromatic heterocycles. The summed E-state index contributed by atoms with van der Waals surface area (Å²) in [6, 6.07) is 25.5. The normalized spacial score (nSPS) is 9.82. The summed E-state index contributed by atoms with van der Waals surface area (Å²) in [5.41, 5.74) is 5.98. The molecule has 0 atom stereocenters. The number of para-hydroxylation sites is 2. The molecule has 0 radical (unpaired) electrons. The van der Waals surface area contributed by atoms with E-state index in [4.69, 9.17) is 10.2 Å². The van der Waals surface area contributed by atoms with Crippen LogP contribution in [-0.2, 0) is 6.42 Å². The van der Waals surface area contributed by atoms with Gasteiger partial charge in [0, 0.05) is 0 Å². The van der Waals surface area contributed by atoms with Gasteiger partial charge in [-0.15, -0.1) is 0 Å². The van der Waals surface area contributed by atoms with Crippen molar-refractivity contribution in [2.45, 2.75) is 34.1 Å². The van der Waals surface area contributed by atoms with Crippen LogP contribution in [0.3, 0.4) is 0 Å². The number of benzene rings is 4. The predicted molar refractivity (Wildman–Crippen MR) is 134 cm³/mol. The molecule has 4 heteroatoms. The van der Waals surface area contributed by atoms with Crippen molar-refractivity contribution in [2.24, 2.45) is 0 Å². The van der Waals surface area contributed by atoms with Crippen LogP contribution in [0.25, 0.3) is 0 Å². The van der Waals surface area contributed by atoms with Crippen LogP contribution in [0.4, 0.5) is 0 Å². The molecule has 4 aromatic rings. The third-order valence-electron chi connectivity index (χ3n) is 5.02. The van der Waals surface area contributed by atoms with Crippen LogP contribution >= 0.6 is 0 Å². The van der Waals surface area contributed by atoms with Crippen molar-refractivity contribution in [3.8, 4) is 23.0 Å². The minimum atomic E-state index is 0.322. The predicted octanol–water partition coefficient (Wildman–Crippen LogP) is 6.71. The molecule has 0 aliphatic heterocycles. The number of hydrogen-bond donors (Lipinski definition) is 4. The maximum atomic E-state index is 9.79. The number of phenolic OH excluding ortho intramolecular Hbond substituents is 4. The zero-order chi connectivity index (χ0) is 24.4. The van der Waals surface area contributed by atoms with Crippen LogP contribution in [0.1, 0.15) is 33.4 Å². The summed E-state index contributed by atoms with van der Waals surface area (Å²) in [6.45, 7) is 7.66. The van der Waals surface area contributed by atoms with E-state index in [1.54, 1.807) is 48.5 Å². The maximum Gasteiger partial charge on any atom is 0.121 e. The van der Waals surface area contributed by atoms with Crippen molar-refractivity contribution in [2.75, 3.05) is 0 Å². The van der Waals surface area contributed by atoms with E-state index in [1.165, 1.54) is 11.1 Å². The van der Waals surface area contributed by atoms with E-state index >= 15 is 0 Å². The fourth-order valence-corrected chi connectivity index (χ4v) is 3.39. The first-order valence-electron chi connectivity index (χ1n) is 10.7. The van der Waals surface area contributed by atoms with Gasteiger partial charge in [-0.3, -0.25) is 0 Å². The summed E-state index contributed by atoms with van der Waals surface area (Å²) in [5, 5.41) is 36.8. The Morgan fingerprint density at radius 1 is 0.455 bits per heavy atom. The van der Waals surface area contributed by atoms with Gasteiger partial charge in [-0.25, -0.2) is 0 Å². The fourth-order valence-electron chi connectivity index (χ4n) is 3.39.